The average molecular weight is 259 g/mol. The van der Waals surface area contributed by atoms with Crippen LogP contribution in [0.3, 0.4) is 0 Å². The minimum atomic E-state index is -1.11. The van der Waals surface area contributed by atoms with Crippen LogP contribution < -0.4 is 0 Å². The predicted octanol–water partition coefficient (Wildman–Crippen LogP) is 1.68. The highest BCUT2D eigenvalue weighted by atomic mass is 16.6. The molecular weight excluding hydrogens is 238 g/mol. The maximum atomic E-state index is 11.7. The fourth-order valence-corrected chi connectivity index (χ4v) is 1.24. The van der Waals surface area contributed by atoms with Crippen LogP contribution >= 0.6 is 0 Å². The fraction of sp³-hybridized carbons (Fsp3) is 0.750. The Morgan fingerprint density at radius 2 is 1.78 bits per heavy atom. The smallest absolute Gasteiger partial charge is 0.410 e. The summed E-state index contributed by atoms with van der Waals surface area (Å²) in [6, 6.07) is 0. The van der Waals surface area contributed by atoms with E-state index in [1.807, 2.05) is 0 Å². The molecule has 0 aliphatic heterocycles. The largest absolute Gasteiger partial charge is 0.480 e. The Bertz CT molecular complexity index is 319. The molecule has 1 amide bonds. The van der Waals surface area contributed by atoms with Crippen LogP contribution in [0.4, 0.5) is 4.79 Å². The van der Waals surface area contributed by atoms with Crippen LogP contribution in [0, 0.1) is 0 Å². The second kappa shape index (κ2) is 6.98. The highest BCUT2D eigenvalue weighted by molar-refractivity contribution is 5.77. The van der Waals surface area contributed by atoms with Crippen LogP contribution in [0.15, 0.2) is 0 Å². The summed E-state index contributed by atoms with van der Waals surface area (Å²) in [5.41, 5.74) is -0.672. The molecule has 6 heteroatoms. The Labute approximate surface area is 107 Å². The number of carboxylic acid groups (broad SMARTS) is 1. The number of hydrogen-bond donors (Lipinski definition) is 1. The molecular formula is C12H21NO5. The SMILES string of the molecule is CC(=O)CCCN(CC(=O)O)C(=O)OC(C)(C)C. The zero-order chi connectivity index (χ0) is 14.3. The van der Waals surface area contributed by atoms with Crippen molar-refractivity contribution in [3.63, 3.8) is 0 Å². The van der Waals surface area contributed by atoms with Crippen LogP contribution in [-0.2, 0) is 14.3 Å². The third kappa shape index (κ3) is 8.55. The predicted molar refractivity (Wildman–Crippen MR) is 65.4 cm³/mol. The molecule has 0 radical (unpaired) electrons. The van der Waals surface area contributed by atoms with Crippen molar-refractivity contribution in [2.45, 2.75) is 46.1 Å². The summed E-state index contributed by atoms with van der Waals surface area (Å²) in [5.74, 6) is -1.10. The maximum absolute atomic E-state index is 11.7. The van der Waals surface area contributed by atoms with Crippen molar-refractivity contribution < 1.29 is 24.2 Å². The molecule has 0 aromatic heterocycles. The summed E-state index contributed by atoms with van der Waals surface area (Å²) in [6.45, 7) is 6.35. The molecule has 0 spiro atoms. The zero-order valence-corrected chi connectivity index (χ0v) is 11.4. The van der Waals surface area contributed by atoms with Crippen molar-refractivity contribution in [3.05, 3.63) is 0 Å². The molecule has 0 unspecified atom stereocenters. The highest BCUT2D eigenvalue weighted by Gasteiger charge is 2.23. The minimum Gasteiger partial charge on any atom is -0.480 e. The van der Waals surface area contributed by atoms with Gasteiger partial charge in [0, 0.05) is 13.0 Å². The third-order valence-corrected chi connectivity index (χ3v) is 1.93. The first-order valence-electron chi connectivity index (χ1n) is 5.81. The lowest BCUT2D eigenvalue weighted by molar-refractivity contribution is -0.138. The van der Waals surface area contributed by atoms with E-state index in [2.05, 4.69) is 0 Å². The van der Waals surface area contributed by atoms with Gasteiger partial charge in [0.05, 0.1) is 0 Å². The summed E-state index contributed by atoms with van der Waals surface area (Å²) in [5, 5.41) is 8.72. The number of nitrogens with zero attached hydrogens (tertiary/aromatic N) is 1. The van der Waals surface area contributed by atoms with Crippen molar-refractivity contribution in [2.24, 2.45) is 0 Å². The van der Waals surface area contributed by atoms with Crippen LogP contribution in [-0.4, -0.2) is 46.5 Å². The molecule has 0 saturated carbocycles. The second-order valence-electron chi connectivity index (χ2n) is 5.10. The Hall–Kier alpha value is -1.59. The molecule has 0 saturated heterocycles. The minimum absolute atomic E-state index is 0.00876. The molecule has 0 fully saturated rings. The summed E-state index contributed by atoms with van der Waals surface area (Å²) >= 11 is 0. The highest BCUT2D eigenvalue weighted by Crippen LogP contribution is 2.10. The lowest BCUT2D eigenvalue weighted by Gasteiger charge is -2.26. The van der Waals surface area contributed by atoms with Gasteiger partial charge in [-0.2, -0.15) is 0 Å². The molecule has 104 valence electrons. The number of ketones is 1. The van der Waals surface area contributed by atoms with Crippen molar-refractivity contribution in [1.29, 1.82) is 0 Å². The van der Waals surface area contributed by atoms with Crippen LogP contribution in [0.1, 0.15) is 40.5 Å². The molecule has 0 atom stereocenters. The summed E-state index contributed by atoms with van der Waals surface area (Å²) in [6.07, 6.45) is 0.0780. The summed E-state index contributed by atoms with van der Waals surface area (Å²) in [7, 11) is 0. The van der Waals surface area contributed by atoms with E-state index in [4.69, 9.17) is 9.84 Å². The average Bonchev–Trinajstić information content (AvgIpc) is 2.12. The van der Waals surface area contributed by atoms with Gasteiger partial charge in [-0.1, -0.05) is 0 Å². The fourth-order valence-electron chi connectivity index (χ4n) is 1.24. The number of ether oxygens (including phenoxy) is 1. The van der Waals surface area contributed by atoms with Crippen molar-refractivity contribution >= 4 is 17.8 Å². The normalized spacial score (nSPS) is 10.9. The van der Waals surface area contributed by atoms with Gasteiger partial charge < -0.3 is 14.6 Å². The van der Waals surface area contributed by atoms with E-state index in [1.165, 1.54) is 6.92 Å². The number of rotatable bonds is 6. The number of carbonyl (C=O) groups is 3. The van der Waals surface area contributed by atoms with Crippen molar-refractivity contribution in [1.82, 2.24) is 4.90 Å². The van der Waals surface area contributed by atoms with Gasteiger partial charge in [0.15, 0.2) is 0 Å². The Morgan fingerprint density at radius 1 is 1.22 bits per heavy atom. The number of Topliss-reactive ketones (excluding diaryl/α,β-unsaturated/α-hetero) is 1. The first-order valence-corrected chi connectivity index (χ1v) is 5.81. The van der Waals surface area contributed by atoms with Gasteiger partial charge in [-0.05, 0) is 34.1 Å². The van der Waals surface area contributed by atoms with Crippen LogP contribution in [0.2, 0.25) is 0 Å². The molecule has 1 N–H and O–H groups in total. The van der Waals surface area contributed by atoms with E-state index in [-0.39, 0.29) is 12.3 Å². The van der Waals surface area contributed by atoms with Gasteiger partial charge in [0.2, 0.25) is 0 Å². The number of carboxylic acids is 1. The van der Waals surface area contributed by atoms with E-state index in [9.17, 15) is 14.4 Å². The van der Waals surface area contributed by atoms with E-state index in [0.717, 1.165) is 4.90 Å². The lowest BCUT2D eigenvalue weighted by atomic mass is 10.2. The molecule has 0 aliphatic carbocycles. The van der Waals surface area contributed by atoms with Crippen LogP contribution in [0.5, 0.6) is 0 Å². The Kier molecular flexibility index (Phi) is 6.36. The first-order chi connectivity index (χ1) is 8.11. The van der Waals surface area contributed by atoms with E-state index in [1.54, 1.807) is 20.8 Å². The quantitative estimate of drug-likeness (QED) is 0.784. The zero-order valence-electron chi connectivity index (χ0n) is 11.4. The molecule has 0 aromatic carbocycles. The second-order valence-corrected chi connectivity index (χ2v) is 5.10. The number of carbonyl (C=O) groups excluding carboxylic acids is 2. The molecule has 0 heterocycles. The van der Waals surface area contributed by atoms with E-state index in [0.29, 0.717) is 12.8 Å². The Balaban J connectivity index is 4.42. The summed E-state index contributed by atoms with van der Waals surface area (Å²) < 4.78 is 5.10. The first kappa shape index (κ1) is 16.4. The van der Waals surface area contributed by atoms with Gasteiger partial charge in [-0.25, -0.2) is 4.79 Å². The molecule has 6 nitrogen and oxygen atoms in total. The third-order valence-electron chi connectivity index (χ3n) is 1.93. The topological polar surface area (TPSA) is 83.9 Å². The molecule has 0 aromatic rings. The maximum Gasteiger partial charge on any atom is 0.410 e. The van der Waals surface area contributed by atoms with Gasteiger partial charge in [-0.15, -0.1) is 0 Å². The van der Waals surface area contributed by atoms with Crippen LogP contribution in [0.25, 0.3) is 0 Å². The Morgan fingerprint density at radius 3 is 2.17 bits per heavy atom. The van der Waals surface area contributed by atoms with Crippen molar-refractivity contribution in [3.8, 4) is 0 Å². The molecule has 0 rings (SSSR count). The molecule has 18 heavy (non-hydrogen) atoms. The van der Waals surface area contributed by atoms with Gasteiger partial charge in [0.1, 0.15) is 17.9 Å². The van der Waals surface area contributed by atoms with E-state index < -0.39 is 24.2 Å². The number of hydrogen-bond acceptors (Lipinski definition) is 4. The van der Waals surface area contributed by atoms with Gasteiger partial charge in [-0.3, -0.25) is 9.69 Å². The standard InChI is InChI=1S/C12H21NO5/c1-9(14)6-5-7-13(8-10(15)16)11(17)18-12(2,3)4/h5-8H2,1-4H3,(H,15,16). The monoisotopic (exact) mass is 259 g/mol. The van der Waals surface area contributed by atoms with E-state index >= 15 is 0 Å². The molecule has 0 aliphatic rings. The molecule has 0 bridgehead atoms. The van der Waals surface area contributed by atoms with Gasteiger partial charge >= 0.3 is 12.1 Å². The number of amides is 1. The summed E-state index contributed by atoms with van der Waals surface area (Å²) in [4.78, 5) is 34.3. The lowest BCUT2D eigenvalue weighted by Crippen LogP contribution is -2.40. The van der Waals surface area contributed by atoms with Gasteiger partial charge in [0.25, 0.3) is 0 Å². The van der Waals surface area contributed by atoms with Crippen molar-refractivity contribution in [2.75, 3.05) is 13.1 Å². The number of aliphatic carboxylic acids is 1.